The fourth-order valence-electron chi connectivity index (χ4n) is 0.916. The van der Waals surface area contributed by atoms with Crippen LogP contribution in [0, 0.1) is 0 Å². The zero-order valence-corrected chi connectivity index (χ0v) is 8.30. The number of nitrogens with two attached hydrogens (primary N) is 1. The minimum absolute atomic E-state index is 0.669. The Bertz CT molecular complexity index is 296. The molecule has 0 radical (unpaired) electrons. The van der Waals surface area contributed by atoms with Gasteiger partial charge in [0.25, 0.3) is 0 Å². The second-order valence-electron chi connectivity index (χ2n) is 2.20. The van der Waals surface area contributed by atoms with Crippen LogP contribution in [0.5, 0.6) is 0 Å². The van der Waals surface area contributed by atoms with Crippen molar-refractivity contribution in [3.8, 4) is 0 Å². The Hall–Kier alpha value is -0.870. The topological polar surface area (TPSA) is 50.4 Å². The third-order valence-electron chi connectivity index (χ3n) is 1.49. The maximum atomic E-state index is 5.28. The van der Waals surface area contributed by atoms with Gasteiger partial charge in [-0.1, -0.05) is 34.1 Å². The summed E-state index contributed by atoms with van der Waals surface area (Å²) in [4.78, 5) is 3.99. The van der Waals surface area contributed by atoms with Crippen molar-refractivity contribution in [1.82, 2.24) is 5.43 Å². The Morgan fingerprint density at radius 2 is 2.17 bits per heavy atom. The van der Waals surface area contributed by atoms with E-state index in [-0.39, 0.29) is 0 Å². The molecule has 0 unspecified atom stereocenters. The van der Waals surface area contributed by atoms with Gasteiger partial charge in [0.05, 0.1) is 0 Å². The van der Waals surface area contributed by atoms with Crippen molar-refractivity contribution >= 4 is 21.8 Å². The molecule has 0 amide bonds. The van der Waals surface area contributed by atoms with Crippen LogP contribution >= 0.6 is 15.9 Å². The number of halogens is 1. The number of benzene rings is 1. The minimum Gasteiger partial charge on any atom is -0.308 e. The first-order valence-corrected chi connectivity index (χ1v) is 4.27. The summed E-state index contributed by atoms with van der Waals surface area (Å²) in [5.41, 5.74) is 3.49. The Balaban J connectivity index is 3.10. The molecule has 12 heavy (non-hydrogen) atoms. The van der Waals surface area contributed by atoms with Gasteiger partial charge in [-0.2, -0.15) is 0 Å². The van der Waals surface area contributed by atoms with Crippen LogP contribution < -0.4 is 11.3 Å². The van der Waals surface area contributed by atoms with E-state index in [1.165, 1.54) is 0 Å². The van der Waals surface area contributed by atoms with Crippen molar-refractivity contribution in [3.63, 3.8) is 0 Å². The molecule has 0 aliphatic rings. The molecule has 0 atom stereocenters. The van der Waals surface area contributed by atoms with Crippen molar-refractivity contribution in [2.45, 2.75) is 0 Å². The number of aliphatic imine (C=N–C) groups is 1. The highest BCUT2D eigenvalue weighted by Crippen LogP contribution is 2.15. The summed E-state index contributed by atoms with van der Waals surface area (Å²) in [6.45, 7) is 0. The van der Waals surface area contributed by atoms with Crippen LogP contribution in [0.15, 0.2) is 33.7 Å². The summed E-state index contributed by atoms with van der Waals surface area (Å²) in [7, 11) is 1.69. The monoisotopic (exact) mass is 227 g/mol. The maximum absolute atomic E-state index is 5.28. The van der Waals surface area contributed by atoms with Crippen molar-refractivity contribution in [2.75, 3.05) is 7.05 Å². The molecule has 0 saturated carbocycles. The van der Waals surface area contributed by atoms with Gasteiger partial charge in [-0.05, 0) is 6.07 Å². The minimum atomic E-state index is 0.669. The zero-order valence-electron chi connectivity index (χ0n) is 6.71. The van der Waals surface area contributed by atoms with Crippen LogP contribution in [-0.4, -0.2) is 12.9 Å². The lowest BCUT2D eigenvalue weighted by atomic mass is 10.2. The standard InChI is InChI=1S/C8H10BrN3/c1-11-8(12-10)6-4-2-3-5-7(6)9/h2-5H,10H2,1H3,(H,11,12). The summed E-state index contributed by atoms with van der Waals surface area (Å²) < 4.78 is 0.976. The van der Waals surface area contributed by atoms with Crippen molar-refractivity contribution in [1.29, 1.82) is 0 Å². The van der Waals surface area contributed by atoms with Gasteiger partial charge >= 0.3 is 0 Å². The van der Waals surface area contributed by atoms with Crippen molar-refractivity contribution in [2.24, 2.45) is 10.8 Å². The van der Waals surface area contributed by atoms with Gasteiger partial charge < -0.3 is 5.43 Å². The molecular formula is C8H10BrN3. The van der Waals surface area contributed by atoms with E-state index < -0.39 is 0 Å². The van der Waals surface area contributed by atoms with Gasteiger partial charge in [-0.25, -0.2) is 5.84 Å². The highest BCUT2D eigenvalue weighted by Gasteiger charge is 2.03. The predicted molar refractivity (Wildman–Crippen MR) is 53.9 cm³/mol. The Morgan fingerprint density at radius 1 is 1.50 bits per heavy atom. The van der Waals surface area contributed by atoms with Crippen molar-refractivity contribution in [3.05, 3.63) is 34.3 Å². The quantitative estimate of drug-likeness (QED) is 0.329. The van der Waals surface area contributed by atoms with E-state index in [1.807, 2.05) is 24.3 Å². The van der Waals surface area contributed by atoms with Gasteiger partial charge in [0, 0.05) is 17.1 Å². The van der Waals surface area contributed by atoms with E-state index >= 15 is 0 Å². The third-order valence-corrected chi connectivity index (χ3v) is 2.18. The molecule has 0 aliphatic heterocycles. The van der Waals surface area contributed by atoms with Gasteiger partial charge in [0.15, 0.2) is 0 Å². The van der Waals surface area contributed by atoms with Crippen LogP contribution in [0.4, 0.5) is 0 Å². The molecule has 64 valence electrons. The first-order valence-electron chi connectivity index (χ1n) is 3.48. The summed E-state index contributed by atoms with van der Waals surface area (Å²) in [6, 6.07) is 7.75. The average Bonchev–Trinajstić information content (AvgIpc) is 2.10. The molecule has 0 bridgehead atoms. The lowest BCUT2D eigenvalue weighted by molar-refractivity contribution is 1.02. The summed E-state index contributed by atoms with van der Waals surface area (Å²) in [6.07, 6.45) is 0. The molecule has 3 N–H and O–H groups in total. The first kappa shape index (κ1) is 9.22. The Morgan fingerprint density at radius 3 is 2.67 bits per heavy atom. The number of hydrogen-bond acceptors (Lipinski definition) is 2. The molecular weight excluding hydrogens is 218 g/mol. The number of nitrogens with one attached hydrogen (secondary N) is 1. The fraction of sp³-hybridized carbons (Fsp3) is 0.125. The summed E-state index contributed by atoms with van der Waals surface area (Å²) in [5.74, 6) is 5.95. The van der Waals surface area contributed by atoms with Gasteiger partial charge in [-0.3, -0.25) is 4.99 Å². The average molecular weight is 228 g/mol. The summed E-state index contributed by atoms with van der Waals surface area (Å²) in [5, 5.41) is 0. The molecule has 1 aromatic carbocycles. The highest BCUT2D eigenvalue weighted by molar-refractivity contribution is 9.10. The molecule has 0 saturated heterocycles. The van der Waals surface area contributed by atoms with Crippen LogP contribution in [0.2, 0.25) is 0 Å². The van der Waals surface area contributed by atoms with E-state index in [1.54, 1.807) is 7.05 Å². The zero-order chi connectivity index (χ0) is 8.97. The second kappa shape index (κ2) is 4.23. The molecule has 0 spiro atoms. The van der Waals surface area contributed by atoms with Crippen LogP contribution in [0.3, 0.4) is 0 Å². The highest BCUT2D eigenvalue weighted by atomic mass is 79.9. The van der Waals surface area contributed by atoms with Crippen LogP contribution in [-0.2, 0) is 0 Å². The molecule has 0 heterocycles. The largest absolute Gasteiger partial charge is 0.308 e. The molecule has 1 rings (SSSR count). The van der Waals surface area contributed by atoms with Crippen LogP contribution in [0.1, 0.15) is 5.56 Å². The number of hydrogen-bond donors (Lipinski definition) is 2. The molecule has 1 aromatic rings. The SMILES string of the molecule is CN=C(NN)c1ccccc1Br. The molecule has 4 heteroatoms. The van der Waals surface area contributed by atoms with E-state index in [2.05, 4.69) is 26.3 Å². The predicted octanol–water partition coefficient (Wildman–Crippen LogP) is 1.29. The molecule has 0 aromatic heterocycles. The van der Waals surface area contributed by atoms with E-state index in [4.69, 9.17) is 5.84 Å². The maximum Gasteiger partial charge on any atom is 0.143 e. The van der Waals surface area contributed by atoms with Gasteiger partial charge in [-0.15, -0.1) is 0 Å². The smallest absolute Gasteiger partial charge is 0.143 e. The normalized spacial score (nSPS) is 11.4. The third kappa shape index (κ3) is 1.84. The number of hydrazine groups is 1. The number of nitrogens with zero attached hydrogens (tertiary/aromatic N) is 1. The number of amidine groups is 1. The first-order chi connectivity index (χ1) is 5.79. The lowest BCUT2D eigenvalue weighted by Gasteiger charge is -2.05. The molecule has 0 fully saturated rings. The van der Waals surface area contributed by atoms with Crippen LogP contribution in [0.25, 0.3) is 0 Å². The number of rotatable bonds is 1. The van der Waals surface area contributed by atoms with E-state index in [0.29, 0.717) is 5.84 Å². The molecule has 3 nitrogen and oxygen atoms in total. The van der Waals surface area contributed by atoms with E-state index in [9.17, 15) is 0 Å². The summed E-state index contributed by atoms with van der Waals surface area (Å²) >= 11 is 3.40. The lowest BCUT2D eigenvalue weighted by Crippen LogP contribution is -2.31. The Kier molecular flexibility index (Phi) is 3.25. The second-order valence-corrected chi connectivity index (χ2v) is 3.05. The van der Waals surface area contributed by atoms with Gasteiger partial charge in [0.2, 0.25) is 0 Å². The molecule has 0 aliphatic carbocycles. The van der Waals surface area contributed by atoms with Crippen molar-refractivity contribution < 1.29 is 0 Å². The Labute approximate surface area is 79.8 Å². The van der Waals surface area contributed by atoms with Gasteiger partial charge in [0.1, 0.15) is 5.84 Å². The fourth-order valence-corrected chi connectivity index (χ4v) is 1.39. The van der Waals surface area contributed by atoms with E-state index in [0.717, 1.165) is 10.0 Å².